The van der Waals surface area contributed by atoms with Crippen molar-refractivity contribution in [3.63, 3.8) is 0 Å². The van der Waals surface area contributed by atoms with Gasteiger partial charge >= 0.3 is 5.97 Å². The molecule has 0 saturated carbocycles. The quantitative estimate of drug-likeness (QED) is 0.747. The minimum Gasteiger partial charge on any atom is -0.477 e. The van der Waals surface area contributed by atoms with Gasteiger partial charge in [-0.2, -0.15) is 4.57 Å². The molecule has 0 saturated heterocycles. The number of hydrogen-bond acceptors (Lipinski definition) is 2. The first kappa shape index (κ1) is 9.96. The lowest BCUT2D eigenvalue weighted by Gasteiger charge is -2.13. The van der Waals surface area contributed by atoms with Crippen LogP contribution in [-0.4, -0.2) is 16.1 Å². The van der Waals surface area contributed by atoms with Crippen LogP contribution in [0.3, 0.4) is 0 Å². The summed E-state index contributed by atoms with van der Waals surface area (Å²) in [4.78, 5) is 15.3. The molecule has 0 amide bonds. The highest BCUT2D eigenvalue weighted by molar-refractivity contribution is 5.87. The van der Waals surface area contributed by atoms with E-state index in [2.05, 4.69) is 11.1 Å². The summed E-state index contributed by atoms with van der Waals surface area (Å²) in [6, 6.07) is 7.45. The third kappa shape index (κ3) is 1.58. The van der Waals surface area contributed by atoms with Crippen molar-refractivity contribution >= 4 is 5.97 Å². The maximum Gasteiger partial charge on any atom is 0.341 e. The maximum atomic E-state index is 10.9. The molecule has 4 heteroatoms. The Morgan fingerprint density at radius 1 is 1.35 bits per heavy atom. The van der Waals surface area contributed by atoms with Gasteiger partial charge in [-0.25, -0.2) is 9.78 Å². The van der Waals surface area contributed by atoms with E-state index in [4.69, 9.17) is 5.11 Å². The van der Waals surface area contributed by atoms with Gasteiger partial charge in [-0.15, -0.1) is 0 Å². The average Bonchev–Trinajstić information content (AvgIpc) is 2.38. The predicted molar refractivity (Wildman–Crippen MR) is 60.5 cm³/mol. The number of carboxylic acid groups (broad SMARTS) is 1. The van der Waals surface area contributed by atoms with Crippen LogP contribution in [0, 0.1) is 0 Å². The zero-order valence-electron chi connectivity index (χ0n) is 9.13. The minimum absolute atomic E-state index is 0.313. The number of rotatable bonds is 1. The molecular weight excluding hydrogens is 216 g/mol. The molecule has 3 rings (SSSR count). The summed E-state index contributed by atoms with van der Waals surface area (Å²) in [6.45, 7) is 0.801. The fraction of sp³-hybridized carbons (Fsp3) is 0.154. The maximum absolute atomic E-state index is 10.9. The lowest BCUT2D eigenvalue weighted by Crippen LogP contribution is -2.41. The van der Waals surface area contributed by atoms with Gasteiger partial charge in [0.15, 0.2) is 12.7 Å². The van der Waals surface area contributed by atoms with E-state index in [0.717, 1.165) is 24.4 Å². The number of carbonyl (C=O) groups is 1. The molecule has 0 fully saturated rings. The van der Waals surface area contributed by atoms with E-state index in [9.17, 15) is 4.79 Å². The van der Waals surface area contributed by atoms with Crippen molar-refractivity contribution in [1.82, 2.24) is 4.98 Å². The van der Waals surface area contributed by atoms with Crippen molar-refractivity contribution < 1.29 is 14.5 Å². The molecule has 0 spiro atoms. The van der Waals surface area contributed by atoms with Gasteiger partial charge in [-0.3, -0.25) is 0 Å². The fourth-order valence-electron chi connectivity index (χ4n) is 2.18. The highest BCUT2D eigenvalue weighted by atomic mass is 16.4. The normalized spacial score (nSPS) is 12.7. The van der Waals surface area contributed by atoms with Crippen LogP contribution in [0.1, 0.15) is 15.9 Å². The van der Waals surface area contributed by atoms with Crippen LogP contribution in [0.4, 0.5) is 0 Å². The Kier molecular flexibility index (Phi) is 2.14. The topological polar surface area (TPSA) is 54.1 Å². The summed E-state index contributed by atoms with van der Waals surface area (Å²) in [5.74, 6) is -0.896. The Morgan fingerprint density at radius 3 is 3.06 bits per heavy atom. The summed E-state index contributed by atoms with van der Waals surface area (Å²) in [5, 5.41) is 8.95. The van der Waals surface area contributed by atoms with Gasteiger partial charge < -0.3 is 5.11 Å². The Labute approximate surface area is 98.2 Å². The van der Waals surface area contributed by atoms with E-state index in [0.29, 0.717) is 5.56 Å². The molecule has 4 nitrogen and oxygen atoms in total. The highest BCUT2D eigenvalue weighted by Gasteiger charge is 2.24. The largest absolute Gasteiger partial charge is 0.477 e. The van der Waals surface area contributed by atoms with E-state index < -0.39 is 5.97 Å². The third-order valence-electron chi connectivity index (χ3n) is 3.03. The lowest BCUT2D eigenvalue weighted by molar-refractivity contribution is -0.687. The zero-order valence-corrected chi connectivity index (χ0v) is 9.13. The van der Waals surface area contributed by atoms with Crippen molar-refractivity contribution in [3.8, 4) is 11.4 Å². The minimum atomic E-state index is -0.896. The number of aryl methyl sites for hydroxylation is 2. The molecule has 1 aliphatic rings. The van der Waals surface area contributed by atoms with Crippen LogP contribution in [0.15, 0.2) is 36.7 Å². The number of aromatic nitrogens is 2. The van der Waals surface area contributed by atoms with E-state index >= 15 is 0 Å². The summed E-state index contributed by atoms with van der Waals surface area (Å²) in [5.41, 5.74) is 3.47. The van der Waals surface area contributed by atoms with Crippen LogP contribution >= 0.6 is 0 Å². The molecule has 1 N–H and O–H groups in total. The third-order valence-corrected chi connectivity index (χ3v) is 3.03. The monoisotopic (exact) mass is 227 g/mol. The molecule has 3 heterocycles. The van der Waals surface area contributed by atoms with Gasteiger partial charge in [0.1, 0.15) is 11.3 Å². The molecule has 0 atom stereocenters. The fourth-order valence-corrected chi connectivity index (χ4v) is 2.18. The van der Waals surface area contributed by atoms with Crippen molar-refractivity contribution in [1.29, 1.82) is 0 Å². The Bertz CT molecular complexity index is 608. The number of hydrogen-bond donors (Lipinski definition) is 1. The molecule has 17 heavy (non-hydrogen) atoms. The molecule has 0 bridgehead atoms. The molecule has 2 aromatic rings. The first-order valence-corrected chi connectivity index (χ1v) is 5.47. The SMILES string of the molecule is O=C(O)c1ccc2[n+](c1)CCc1cccnc1-2. The molecule has 84 valence electrons. The van der Waals surface area contributed by atoms with E-state index in [-0.39, 0.29) is 0 Å². The van der Waals surface area contributed by atoms with Crippen molar-refractivity contribution in [2.24, 2.45) is 0 Å². The van der Waals surface area contributed by atoms with Crippen molar-refractivity contribution in [2.75, 3.05) is 0 Å². The van der Waals surface area contributed by atoms with Crippen LogP contribution < -0.4 is 4.57 Å². The second kappa shape index (κ2) is 3.66. The molecule has 2 aromatic heterocycles. The summed E-state index contributed by atoms with van der Waals surface area (Å²) >= 11 is 0. The molecule has 0 aromatic carbocycles. The highest BCUT2D eigenvalue weighted by Crippen LogP contribution is 2.22. The van der Waals surface area contributed by atoms with E-state index in [1.165, 1.54) is 5.56 Å². The Hall–Kier alpha value is -2.23. The van der Waals surface area contributed by atoms with Crippen LogP contribution in [0.25, 0.3) is 11.4 Å². The van der Waals surface area contributed by atoms with E-state index in [1.807, 2.05) is 16.7 Å². The molecule has 0 radical (unpaired) electrons. The van der Waals surface area contributed by atoms with Gasteiger partial charge in [0.2, 0.25) is 5.69 Å². The first-order chi connectivity index (χ1) is 8.25. The standard InChI is InChI=1S/C13H10N2O2/c16-13(17)10-3-4-11-12-9(2-1-6-14-12)5-7-15(11)8-10/h1-4,6,8H,5,7H2/p+1. The zero-order chi connectivity index (χ0) is 11.8. The van der Waals surface area contributed by atoms with Crippen LogP contribution in [0.5, 0.6) is 0 Å². The van der Waals surface area contributed by atoms with Gasteiger partial charge in [0.25, 0.3) is 0 Å². The smallest absolute Gasteiger partial charge is 0.341 e. The number of aromatic carboxylic acids is 1. The predicted octanol–water partition coefficient (Wildman–Crippen LogP) is 1.29. The average molecular weight is 227 g/mol. The molecule has 0 unspecified atom stereocenters. The number of nitrogens with zero attached hydrogens (tertiary/aromatic N) is 2. The van der Waals surface area contributed by atoms with Gasteiger partial charge in [-0.1, -0.05) is 6.07 Å². The number of pyridine rings is 2. The van der Waals surface area contributed by atoms with Gasteiger partial charge in [0, 0.05) is 18.7 Å². The summed E-state index contributed by atoms with van der Waals surface area (Å²) < 4.78 is 1.96. The molecular formula is C13H11N2O2+. The summed E-state index contributed by atoms with van der Waals surface area (Å²) in [7, 11) is 0. The number of fused-ring (bicyclic) bond motifs is 3. The van der Waals surface area contributed by atoms with Gasteiger partial charge in [0.05, 0.1) is 0 Å². The number of carboxylic acids is 1. The molecule has 1 aliphatic heterocycles. The van der Waals surface area contributed by atoms with Crippen molar-refractivity contribution in [2.45, 2.75) is 13.0 Å². The summed E-state index contributed by atoms with van der Waals surface area (Å²) in [6.07, 6.45) is 4.33. The van der Waals surface area contributed by atoms with E-state index in [1.54, 1.807) is 18.5 Å². The molecule has 0 aliphatic carbocycles. The Balaban J connectivity index is 2.18. The lowest BCUT2D eigenvalue weighted by atomic mass is 10.0. The van der Waals surface area contributed by atoms with Crippen molar-refractivity contribution in [3.05, 3.63) is 47.8 Å². The second-order valence-corrected chi connectivity index (χ2v) is 4.06. The Morgan fingerprint density at radius 2 is 2.24 bits per heavy atom. The van der Waals surface area contributed by atoms with Crippen LogP contribution in [0.2, 0.25) is 0 Å². The first-order valence-electron chi connectivity index (χ1n) is 5.47. The second-order valence-electron chi connectivity index (χ2n) is 4.06. The van der Waals surface area contributed by atoms with Gasteiger partial charge in [-0.05, 0) is 17.7 Å². The van der Waals surface area contributed by atoms with Crippen LogP contribution in [-0.2, 0) is 13.0 Å².